The molecular weight excluding hydrogens is 234 g/mol. The minimum absolute atomic E-state index is 0.572. The Morgan fingerprint density at radius 2 is 2.08 bits per heavy atom. The number of halogens is 1. The summed E-state index contributed by atoms with van der Waals surface area (Å²) in [5, 5.41) is 8.87. The van der Waals surface area contributed by atoms with E-state index in [1.807, 2.05) is 6.07 Å². The maximum atomic E-state index is 10.8. The highest BCUT2D eigenvalue weighted by Gasteiger charge is 2.31. The van der Waals surface area contributed by atoms with Crippen LogP contribution in [0.4, 0.5) is 0 Å². The van der Waals surface area contributed by atoms with E-state index in [2.05, 4.69) is 15.9 Å². The maximum absolute atomic E-state index is 10.8. The Labute approximate surface area is 84.7 Å². The molecule has 70 valence electrons. The lowest BCUT2D eigenvalue weighted by Crippen LogP contribution is -2.41. The molecule has 0 aromatic heterocycles. The van der Waals surface area contributed by atoms with Crippen LogP contribution in [0.15, 0.2) is 28.7 Å². The van der Waals surface area contributed by atoms with Gasteiger partial charge in [-0.1, -0.05) is 34.1 Å². The van der Waals surface area contributed by atoms with Crippen molar-refractivity contribution in [1.29, 1.82) is 0 Å². The summed E-state index contributed by atoms with van der Waals surface area (Å²) in [7, 11) is 0. The van der Waals surface area contributed by atoms with Gasteiger partial charge in [-0.25, -0.2) is 4.79 Å². The summed E-state index contributed by atoms with van der Waals surface area (Å²) >= 11 is 3.26. The number of aliphatic carboxylic acids is 1. The number of hydrogen-bond donors (Lipinski definition) is 2. The highest BCUT2D eigenvalue weighted by atomic mass is 79.9. The number of benzene rings is 1. The Morgan fingerprint density at radius 1 is 1.54 bits per heavy atom. The van der Waals surface area contributed by atoms with E-state index < -0.39 is 11.5 Å². The van der Waals surface area contributed by atoms with Gasteiger partial charge in [-0.3, -0.25) is 0 Å². The van der Waals surface area contributed by atoms with E-state index in [0.29, 0.717) is 10.0 Å². The summed E-state index contributed by atoms with van der Waals surface area (Å²) in [5.74, 6) is -1.04. The summed E-state index contributed by atoms with van der Waals surface area (Å²) < 4.78 is 0.711. The quantitative estimate of drug-likeness (QED) is 0.832. The number of carbonyl (C=O) groups is 1. The first-order valence-corrected chi connectivity index (χ1v) is 4.53. The molecule has 0 aliphatic carbocycles. The lowest BCUT2D eigenvalue weighted by atomic mass is 9.94. The van der Waals surface area contributed by atoms with Crippen molar-refractivity contribution >= 4 is 21.9 Å². The first-order chi connectivity index (χ1) is 5.96. The van der Waals surface area contributed by atoms with Crippen LogP contribution in [0.5, 0.6) is 0 Å². The molecule has 0 saturated carbocycles. The van der Waals surface area contributed by atoms with Gasteiger partial charge in [-0.15, -0.1) is 0 Å². The molecule has 0 aliphatic heterocycles. The molecule has 0 fully saturated rings. The van der Waals surface area contributed by atoms with Crippen molar-refractivity contribution in [1.82, 2.24) is 0 Å². The third-order valence-corrected chi connectivity index (χ3v) is 2.57. The Hall–Kier alpha value is -0.870. The second kappa shape index (κ2) is 3.47. The van der Waals surface area contributed by atoms with Gasteiger partial charge in [0.05, 0.1) is 0 Å². The van der Waals surface area contributed by atoms with Crippen molar-refractivity contribution in [2.24, 2.45) is 5.73 Å². The van der Waals surface area contributed by atoms with E-state index in [-0.39, 0.29) is 0 Å². The molecule has 4 heteroatoms. The zero-order chi connectivity index (χ0) is 10.1. The average molecular weight is 244 g/mol. The molecule has 3 nitrogen and oxygen atoms in total. The van der Waals surface area contributed by atoms with Gasteiger partial charge in [-0.05, 0) is 18.6 Å². The normalized spacial score (nSPS) is 15.0. The van der Waals surface area contributed by atoms with Crippen LogP contribution < -0.4 is 5.73 Å². The van der Waals surface area contributed by atoms with E-state index in [1.54, 1.807) is 18.2 Å². The largest absolute Gasteiger partial charge is 0.480 e. The van der Waals surface area contributed by atoms with Gasteiger partial charge in [0.25, 0.3) is 0 Å². The van der Waals surface area contributed by atoms with Crippen molar-refractivity contribution in [3.63, 3.8) is 0 Å². The number of carboxylic acids is 1. The van der Waals surface area contributed by atoms with Crippen LogP contribution in [0.3, 0.4) is 0 Å². The van der Waals surface area contributed by atoms with Crippen LogP contribution in [0.1, 0.15) is 12.5 Å². The Balaban J connectivity index is 3.22. The molecular formula is C9H10BrNO2. The smallest absolute Gasteiger partial charge is 0.328 e. The van der Waals surface area contributed by atoms with Crippen LogP contribution in [0.25, 0.3) is 0 Å². The third-order valence-electron chi connectivity index (χ3n) is 1.88. The van der Waals surface area contributed by atoms with Crippen LogP contribution in [0, 0.1) is 0 Å². The molecule has 1 rings (SSSR count). The van der Waals surface area contributed by atoms with Crippen molar-refractivity contribution in [2.45, 2.75) is 12.5 Å². The molecule has 0 amide bonds. The van der Waals surface area contributed by atoms with Crippen LogP contribution in [-0.2, 0) is 10.3 Å². The van der Waals surface area contributed by atoms with Gasteiger partial charge in [0.1, 0.15) is 5.54 Å². The molecule has 0 radical (unpaired) electrons. The van der Waals surface area contributed by atoms with Gasteiger partial charge in [-0.2, -0.15) is 0 Å². The average Bonchev–Trinajstić information content (AvgIpc) is 2.04. The van der Waals surface area contributed by atoms with E-state index >= 15 is 0 Å². The Kier molecular flexibility index (Phi) is 2.73. The first-order valence-electron chi connectivity index (χ1n) is 3.73. The molecule has 0 aliphatic rings. The van der Waals surface area contributed by atoms with Gasteiger partial charge >= 0.3 is 5.97 Å². The van der Waals surface area contributed by atoms with Gasteiger partial charge < -0.3 is 10.8 Å². The molecule has 13 heavy (non-hydrogen) atoms. The summed E-state index contributed by atoms with van der Waals surface area (Å²) in [4.78, 5) is 10.8. The van der Waals surface area contributed by atoms with Crippen molar-refractivity contribution in [3.05, 3.63) is 34.3 Å². The highest BCUT2D eigenvalue weighted by molar-refractivity contribution is 9.10. The zero-order valence-corrected chi connectivity index (χ0v) is 8.71. The molecule has 1 aromatic carbocycles. The summed E-state index contributed by atoms with van der Waals surface area (Å²) in [6.07, 6.45) is 0. The molecule has 0 spiro atoms. The predicted molar refractivity (Wildman–Crippen MR) is 53.3 cm³/mol. The van der Waals surface area contributed by atoms with Gasteiger partial charge in [0.2, 0.25) is 0 Å². The summed E-state index contributed by atoms with van der Waals surface area (Å²) in [5.41, 5.74) is 4.88. The predicted octanol–water partition coefficient (Wildman–Crippen LogP) is 1.71. The molecule has 1 atom stereocenters. The summed E-state index contributed by atoms with van der Waals surface area (Å²) in [6, 6.07) is 7.03. The second-order valence-corrected chi connectivity index (χ2v) is 3.84. The fourth-order valence-electron chi connectivity index (χ4n) is 0.998. The summed E-state index contributed by atoms with van der Waals surface area (Å²) in [6.45, 7) is 1.47. The minimum atomic E-state index is -1.35. The zero-order valence-electron chi connectivity index (χ0n) is 7.12. The fraction of sp³-hybridized carbons (Fsp3) is 0.222. The molecule has 0 bridgehead atoms. The lowest BCUT2D eigenvalue weighted by molar-refractivity contribution is -0.143. The maximum Gasteiger partial charge on any atom is 0.328 e. The van der Waals surface area contributed by atoms with Crippen molar-refractivity contribution in [2.75, 3.05) is 0 Å². The van der Waals surface area contributed by atoms with Gasteiger partial charge in [0, 0.05) is 4.47 Å². The Morgan fingerprint density at radius 3 is 2.54 bits per heavy atom. The minimum Gasteiger partial charge on any atom is -0.480 e. The molecule has 3 N–H and O–H groups in total. The molecule has 1 unspecified atom stereocenters. The second-order valence-electron chi connectivity index (χ2n) is 2.99. The Bertz CT molecular complexity index is 336. The third kappa shape index (κ3) is 1.89. The number of nitrogens with two attached hydrogens (primary N) is 1. The number of carboxylic acid groups (broad SMARTS) is 1. The van der Waals surface area contributed by atoms with E-state index in [1.165, 1.54) is 6.92 Å². The van der Waals surface area contributed by atoms with E-state index in [0.717, 1.165) is 0 Å². The number of rotatable bonds is 2. The van der Waals surface area contributed by atoms with Crippen LogP contribution in [-0.4, -0.2) is 11.1 Å². The van der Waals surface area contributed by atoms with Crippen molar-refractivity contribution in [3.8, 4) is 0 Å². The van der Waals surface area contributed by atoms with Crippen molar-refractivity contribution < 1.29 is 9.90 Å². The van der Waals surface area contributed by atoms with Crippen LogP contribution >= 0.6 is 15.9 Å². The molecule has 0 saturated heterocycles. The monoisotopic (exact) mass is 243 g/mol. The molecule has 1 aromatic rings. The fourth-order valence-corrected chi connectivity index (χ4v) is 1.69. The van der Waals surface area contributed by atoms with Gasteiger partial charge in [0.15, 0.2) is 0 Å². The standard InChI is InChI=1S/C9H10BrNO2/c1-9(11,8(12)13)6-4-2-3-5-7(6)10/h2-5H,11H2,1H3,(H,12,13). The first kappa shape index (κ1) is 10.2. The van der Waals surface area contributed by atoms with Crippen LogP contribution in [0.2, 0.25) is 0 Å². The number of hydrogen-bond acceptors (Lipinski definition) is 2. The topological polar surface area (TPSA) is 63.3 Å². The highest BCUT2D eigenvalue weighted by Crippen LogP contribution is 2.26. The van der Waals surface area contributed by atoms with E-state index in [9.17, 15) is 4.79 Å². The lowest BCUT2D eigenvalue weighted by Gasteiger charge is -2.20. The molecule has 0 heterocycles. The SMILES string of the molecule is CC(N)(C(=O)O)c1ccccc1Br. The van der Waals surface area contributed by atoms with E-state index in [4.69, 9.17) is 10.8 Å².